The fraction of sp³-hybridized carbons (Fsp3) is 0.455. The molecule has 0 atom stereocenters. The number of hydrogen-bond donors (Lipinski definition) is 1. The number of rotatable bonds is 5. The van der Waals surface area contributed by atoms with Gasteiger partial charge in [-0.05, 0) is 18.4 Å². The van der Waals surface area contributed by atoms with Crippen molar-refractivity contribution in [3.63, 3.8) is 0 Å². The summed E-state index contributed by atoms with van der Waals surface area (Å²) in [6.07, 6.45) is 3.48. The van der Waals surface area contributed by atoms with E-state index in [0.717, 1.165) is 18.4 Å². The lowest BCUT2D eigenvalue weighted by Crippen LogP contribution is -2.05. The molecule has 16 heavy (non-hydrogen) atoms. The van der Waals surface area contributed by atoms with E-state index in [0.29, 0.717) is 6.54 Å². The molecule has 0 heterocycles. The van der Waals surface area contributed by atoms with Gasteiger partial charge in [-0.15, -0.1) is 0 Å². The topological polar surface area (TPSA) is 55.2 Å². The largest absolute Gasteiger partial charge is 0.379 e. The van der Waals surface area contributed by atoms with Crippen LogP contribution in [0.2, 0.25) is 0 Å². The summed E-state index contributed by atoms with van der Waals surface area (Å²) < 4.78 is 12.9. The van der Waals surface area contributed by atoms with Gasteiger partial charge in [-0.2, -0.15) is 0 Å². The minimum atomic E-state index is -0.501. The van der Waals surface area contributed by atoms with E-state index < -0.39 is 10.7 Å². The number of benzene rings is 1. The third-order valence-electron chi connectivity index (χ3n) is 2.72. The van der Waals surface area contributed by atoms with Gasteiger partial charge in [-0.25, -0.2) is 4.39 Å². The molecule has 4 nitrogen and oxygen atoms in total. The number of anilines is 1. The van der Waals surface area contributed by atoms with Gasteiger partial charge in [0, 0.05) is 18.7 Å². The molecule has 0 aliphatic heterocycles. The molecule has 0 radical (unpaired) electrons. The molecule has 1 aromatic carbocycles. The molecular weight excluding hydrogens is 211 g/mol. The lowest BCUT2D eigenvalue weighted by atomic mass is 10.2. The first-order valence-corrected chi connectivity index (χ1v) is 5.34. The number of hydrogen-bond acceptors (Lipinski definition) is 3. The Bertz CT molecular complexity index is 405. The predicted octanol–water partition coefficient (Wildman–Crippen LogP) is 2.95. The number of nitro benzene ring substituents is 1. The quantitative estimate of drug-likeness (QED) is 0.618. The minimum absolute atomic E-state index is 0.0720. The summed E-state index contributed by atoms with van der Waals surface area (Å²) in [5.41, 5.74) is 0.197. The lowest BCUT2D eigenvalue weighted by molar-refractivity contribution is -0.384. The Labute approximate surface area is 92.6 Å². The first-order valence-electron chi connectivity index (χ1n) is 5.34. The van der Waals surface area contributed by atoms with Gasteiger partial charge in [0.15, 0.2) is 0 Å². The third kappa shape index (κ3) is 2.68. The molecule has 1 aliphatic rings. The van der Waals surface area contributed by atoms with Crippen molar-refractivity contribution in [1.82, 2.24) is 0 Å². The molecule has 1 saturated carbocycles. The Kier molecular flexibility index (Phi) is 3.03. The monoisotopic (exact) mass is 224 g/mol. The Balaban J connectivity index is 2.03. The first kappa shape index (κ1) is 10.9. The van der Waals surface area contributed by atoms with E-state index >= 15 is 0 Å². The zero-order chi connectivity index (χ0) is 11.5. The van der Waals surface area contributed by atoms with Gasteiger partial charge in [0.05, 0.1) is 4.92 Å². The SMILES string of the molecule is O=[N+]([O-])c1ccc(F)cc1NCCC1CC1. The summed E-state index contributed by atoms with van der Waals surface area (Å²) in [7, 11) is 0. The molecule has 0 aromatic heterocycles. The highest BCUT2D eigenvalue weighted by molar-refractivity contribution is 5.61. The molecule has 86 valence electrons. The van der Waals surface area contributed by atoms with Crippen LogP contribution in [-0.4, -0.2) is 11.5 Å². The lowest BCUT2D eigenvalue weighted by Gasteiger charge is -2.06. The standard InChI is InChI=1S/C11H13FN2O2/c12-9-3-4-11(14(15)16)10(7-9)13-6-5-8-1-2-8/h3-4,7-8,13H,1-2,5-6H2. The van der Waals surface area contributed by atoms with E-state index in [2.05, 4.69) is 5.32 Å². The van der Waals surface area contributed by atoms with E-state index in [1.165, 1.54) is 25.0 Å². The second-order valence-corrected chi connectivity index (χ2v) is 4.08. The highest BCUT2D eigenvalue weighted by Crippen LogP contribution is 2.32. The first-order chi connectivity index (χ1) is 7.66. The van der Waals surface area contributed by atoms with E-state index in [1.807, 2.05) is 0 Å². The van der Waals surface area contributed by atoms with Crippen molar-refractivity contribution >= 4 is 11.4 Å². The molecule has 5 heteroatoms. The van der Waals surface area contributed by atoms with Crippen LogP contribution in [0.1, 0.15) is 19.3 Å². The van der Waals surface area contributed by atoms with Gasteiger partial charge in [-0.1, -0.05) is 12.8 Å². The normalized spacial score (nSPS) is 14.8. The van der Waals surface area contributed by atoms with Gasteiger partial charge >= 0.3 is 0 Å². The number of nitro groups is 1. The molecular formula is C11H13FN2O2. The fourth-order valence-electron chi connectivity index (χ4n) is 1.63. The van der Waals surface area contributed by atoms with E-state index in [-0.39, 0.29) is 11.4 Å². The molecule has 1 aromatic rings. The fourth-order valence-corrected chi connectivity index (χ4v) is 1.63. The zero-order valence-electron chi connectivity index (χ0n) is 8.78. The maximum absolute atomic E-state index is 12.9. The molecule has 0 amide bonds. The summed E-state index contributed by atoms with van der Waals surface area (Å²) in [4.78, 5) is 10.2. The second kappa shape index (κ2) is 4.47. The van der Waals surface area contributed by atoms with E-state index in [1.54, 1.807) is 0 Å². The van der Waals surface area contributed by atoms with Crippen molar-refractivity contribution in [2.24, 2.45) is 5.92 Å². The van der Waals surface area contributed by atoms with Crippen molar-refractivity contribution in [2.75, 3.05) is 11.9 Å². The zero-order valence-corrected chi connectivity index (χ0v) is 8.78. The maximum Gasteiger partial charge on any atom is 0.292 e. The number of nitrogens with zero attached hydrogens (tertiary/aromatic N) is 1. The highest BCUT2D eigenvalue weighted by Gasteiger charge is 2.21. The van der Waals surface area contributed by atoms with Gasteiger partial charge in [-0.3, -0.25) is 10.1 Å². The minimum Gasteiger partial charge on any atom is -0.379 e. The molecule has 0 unspecified atom stereocenters. The summed E-state index contributed by atoms with van der Waals surface area (Å²) in [5, 5.41) is 13.6. The van der Waals surface area contributed by atoms with Gasteiger partial charge in [0.1, 0.15) is 11.5 Å². The van der Waals surface area contributed by atoms with Crippen LogP contribution in [0.15, 0.2) is 18.2 Å². The third-order valence-corrected chi connectivity index (χ3v) is 2.72. The Morgan fingerprint density at radius 2 is 2.25 bits per heavy atom. The van der Waals surface area contributed by atoms with Crippen LogP contribution in [0.5, 0.6) is 0 Å². The second-order valence-electron chi connectivity index (χ2n) is 4.08. The summed E-state index contributed by atoms with van der Waals surface area (Å²) >= 11 is 0. The van der Waals surface area contributed by atoms with E-state index in [9.17, 15) is 14.5 Å². The molecule has 0 saturated heterocycles. The average Bonchev–Trinajstić information content (AvgIpc) is 3.01. The average molecular weight is 224 g/mol. The van der Waals surface area contributed by atoms with Gasteiger partial charge < -0.3 is 5.32 Å². The summed E-state index contributed by atoms with van der Waals surface area (Å²) in [6, 6.07) is 3.46. The van der Waals surface area contributed by atoms with Gasteiger partial charge in [0.25, 0.3) is 5.69 Å². The van der Waals surface area contributed by atoms with Crippen LogP contribution in [-0.2, 0) is 0 Å². The van der Waals surface area contributed by atoms with Crippen molar-refractivity contribution in [1.29, 1.82) is 0 Å². The molecule has 2 rings (SSSR count). The van der Waals surface area contributed by atoms with Crippen molar-refractivity contribution in [3.05, 3.63) is 34.1 Å². The maximum atomic E-state index is 12.9. The van der Waals surface area contributed by atoms with Crippen LogP contribution in [0.3, 0.4) is 0 Å². The molecule has 1 N–H and O–H groups in total. The van der Waals surface area contributed by atoms with Crippen LogP contribution in [0, 0.1) is 21.8 Å². The molecule has 1 fully saturated rings. The Morgan fingerprint density at radius 3 is 2.88 bits per heavy atom. The Hall–Kier alpha value is -1.65. The van der Waals surface area contributed by atoms with Crippen LogP contribution < -0.4 is 5.32 Å². The van der Waals surface area contributed by atoms with Crippen molar-refractivity contribution in [3.8, 4) is 0 Å². The molecule has 0 bridgehead atoms. The van der Waals surface area contributed by atoms with Crippen LogP contribution >= 0.6 is 0 Å². The Morgan fingerprint density at radius 1 is 1.50 bits per heavy atom. The molecule has 1 aliphatic carbocycles. The molecule has 0 spiro atoms. The van der Waals surface area contributed by atoms with Crippen LogP contribution in [0.25, 0.3) is 0 Å². The van der Waals surface area contributed by atoms with E-state index in [4.69, 9.17) is 0 Å². The number of nitrogens with one attached hydrogen (secondary N) is 1. The van der Waals surface area contributed by atoms with Crippen molar-refractivity contribution in [2.45, 2.75) is 19.3 Å². The van der Waals surface area contributed by atoms with Gasteiger partial charge in [0.2, 0.25) is 0 Å². The summed E-state index contributed by atoms with van der Waals surface area (Å²) in [6.45, 7) is 0.662. The predicted molar refractivity (Wildman–Crippen MR) is 58.9 cm³/mol. The van der Waals surface area contributed by atoms with Crippen molar-refractivity contribution < 1.29 is 9.31 Å². The highest BCUT2D eigenvalue weighted by atomic mass is 19.1. The van der Waals surface area contributed by atoms with Crippen LogP contribution in [0.4, 0.5) is 15.8 Å². The summed E-state index contributed by atoms with van der Waals surface area (Å²) in [5.74, 6) is 0.291. The number of halogens is 1. The smallest absolute Gasteiger partial charge is 0.292 e.